The van der Waals surface area contributed by atoms with Crippen LogP contribution in [0.3, 0.4) is 0 Å². The molecule has 0 bridgehead atoms. The van der Waals surface area contributed by atoms with Crippen molar-refractivity contribution in [3.63, 3.8) is 0 Å². The molecular formula is C7H10CoN2O4. The molecule has 0 aromatic rings. The normalized spacial score (nSPS) is 9.86. The Hall–Kier alpha value is -1.21. The van der Waals surface area contributed by atoms with E-state index in [4.69, 9.17) is 19.8 Å². The average Bonchev–Trinajstić information content (AvgIpc) is 2.35. The van der Waals surface area contributed by atoms with E-state index in [1.165, 1.54) is 0 Å². The van der Waals surface area contributed by atoms with Crippen LogP contribution in [0.4, 0.5) is 0 Å². The van der Waals surface area contributed by atoms with Gasteiger partial charge in [-0.25, -0.2) is 4.99 Å². The van der Waals surface area contributed by atoms with E-state index in [2.05, 4.69) is 9.98 Å². The van der Waals surface area contributed by atoms with Crippen molar-refractivity contribution in [2.45, 2.75) is 13.8 Å². The van der Waals surface area contributed by atoms with Crippen LogP contribution in [0.2, 0.25) is 0 Å². The maximum absolute atomic E-state index is 8.89. The zero-order valence-electron chi connectivity index (χ0n) is 7.72. The van der Waals surface area contributed by atoms with Gasteiger partial charge in [0.15, 0.2) is 0 Å². The van der Waals surface area contributed by atoms with Crippen LogP contribution >= 0.6 is 0 Å². The Morgan fingerprint density at radius 2 is 1.57 bits per heavy atom. The minimum absolute atomic E-state index is 0. The van der Waals surface area contributed by atoms with Gasteiger partial charge in [0.1, 0.15) is 6.34 Å². The van der Waals surface area contributed by atoms with Crippen LogP contribution in [0.1, 0.15) is 13.8 Å². The van der Waals surface area contributed by atoms with Crippen molar-refractivity contribution >= 4 is 24.5 Å². The molecule has 1 aliphatic heterocycles. The molecule has 0 amide bonds. The molecule has 0 aliphatic carbocycles. The molecule has 0 fully saturated rings. The van der Waals surface area contributed by atoms with Gasteiger partial charge in [0.05, 0.1) is 6.54 Å². The summed E-state index contributed by atoms with van der Waals surface area (Å²) in [6, 6.07) is 0. The zero-order chi connectivity index (χ0) is 10.7. The van der Waals surface area contributed by atoms with E-state index in [0.29, 0.717) is 0 Å². The minimum atomic E-state index is -1.08. The first-order valence-electron chi connectivity index (χ1n) is 3.32. The number of carboxylic acid groups (broad SMARTS) is 2. The molecule has 0 spiro atoms. The van der Waals surface area contributed by atoms with Gasteiger partial charge in [0.25, 0.3) is 0 Å². The van der Waals surface area contributed by atoms with Crippen LogP contribution in [0.15, 0.2) is 9.98 Å². The fourth-order valence-corrected chi connectivity index (χ4v) is 0.236. The molecule has 81 valence electrons. The van der Waals surface area contributed by atoms with Crippen molar-refractivity contribution in [2.75, 3.05) is 6.54 Å². The van der Waals surface area contributed by atoms with Crippen LogP contribution in [0.25, 0.3) is 0 Å². The quantitative estimate of drug-likeness (QED) is 0.474. The van der Waals surface area contributed by atoms with Crippen molar-refractivity contribution < 1.29 is 36.6 Å². The molecule has 1 aliphatic rings. The van der Waals surface area contributed by atoms with Crippen molar-refractivity contribution in [3.8, 4) is 0 Å². The van der Waals surface area contributed by atoms with E-state index in [9.17, 15) is 0 Å². The monoisotopic (exact) mass is 245 g/mol. The topological polar surface area (TPSA) is 105 Å². The van der Waals surface area contributed by atoms with Gasteiger partial charge in [0.2, 0.25) is 0 Å². The molecule has 0 atom stereocenters. The predicted molar refractivity (Wildman–Crippen MR) is 43.2 cm³/mol. The number of hydrogen-bond donors (Lipinski definition) is 0. The Balaban J connectivity index is -0.000000127. The van der Waals surface area contributed by atoms with Gasteiger partial charge in [-0.2, -0.15) is 0 Å². The summed E-state index contributed by atoms with van der Waals surface area (Å²) in [5.74, 6) is -2.17. The van der Waals surface area contributed by atoms with Gasteiger partial charge in [-0.3, -0.25) is 4.99 Å². The second kappa shape index (κ2) is 14.3. The summed E-state index contributed by atoms with van der Waals surface area (Å²) in [6.07, 6.45) is 3.32. The van der Waals surface area contributed by atoms with Gasteiger partial charge < -0.3 is 19.8 Å². The Labute approximate surface area is 92.0 Å². The molecule has 0 saturated carbocycles. The summed E-state index contributed by atoms with van der Waals surface area (Å²) in [5.41, 5.74) is 0. The zero-order valence-corrected chi connectivity index (χ0v) is 8.76. The molecule has 1 rings (SSSR count). The van der Waals surface area contributed by atoms with E-state index in [1.54, 1.807) is 12.6 Å². The number of aliphatic carboxylic acids is 2. The largest absolute Gasteiger partial charge is 2.00 e. The summed E-state index contributed by atoms with van der Waals surface area (Å²) >= 11 is 0. The van der Waals surface area contributed by atoms with E-state index in [-0.39, 0.29) is 16.8 Å². The maximum Gasteiger partial charge on any atom is 2.00 e. The summed E-state index contributed by atoms with van der Waals surface area (Å²) in [7, 11) is 0. The molecule has 1 radical (unpaired) electrons. The van der Waals surface area contributed by atoms with Crippen molar-refractivity contribution in [3.05, 3.63) is 0 Å². The second-order valence-electron chi connectivity index (χ2n) is 1.80. The number of nitrogens with zero attached hydrogens (tertiary/aromatic N) is 2. The van der Waals surface area contributed by atoms with Gasteiger partial charge >= 0.3 is 16.8 Å². The molecule has 0 aromatic heterocycles. The molecule has 1 heterocycles. The fourth-order valence-electron chi connectivity index (χ4n) is 0.236. The predicted octanol–water partition coefficient (Wildman–Crippen LogP) is -2.39. The number of rotatable bonds is 0. The minimum Gasteiger partial charge on any atom is -0.550 e. The third-order valence-corrected chi connectivity index (χ3v) is 0.441. The SMILES string of the molecule is C1=NC=NC1.CC(=O)[O-].CC(=O)[O-].[Co+2]. The molecule has 0 aromatic carbocycles. The van der Waals surface area contributed by atoms with Crippen molar-refractivity contribution in [2.24, 2.45) is 9.98 Å². The number of carbonyl (C=O) groups is 2. The molecular weight excluding hydrogens is 235 g/mol. The number of hydrogen-bond acceptors (Lipinski definition) is 6. The Kier molecular flexibility index (Phi) is 19.0. The van der Waals surface area contributed by atoms with Gasteiger partial charge in [0, 0.05) is 18.2 Å². The summed E-state index contributed by atoms with van der Waals surface area (Å²) in [5, 5.41) is 17.8. The van der Waals surface area contributed by atoms with Crippen molar-refractivity contribution in [1.29, 1.82) is 0 Å². The number of carboxylic acids is 2. The molecule has 0 saturated heterocycles. The van der Waals surface area contributed by atoms with E-state index in [1.807, 2.05) is 0 Å². The van der Waals surface area contributed by atoms with E-state index in [0.717, 1.165) is 20.4 Å². The maximum atomic E-state index is 8.89. The van der Waals surface area contributed by atoms with Gasteiger partial charge in [-0.15, -0.1) is 0 Å². The fraction of sp³-hybridized carbons (Fsp3) is 0.429. The summed E-state index contributed by atoms with van der Waals surface area (Å²) in [6.45, 7) is 2.72. The first kappa shape index (κ1) is 18.5. The van der Waals surface area contributed by atoms with Crippen LogP contribution in [0.5, 0.6) is 0 Å². The third-order valence-electron chi connectivity index (χ3n) is 0.441. The Bertz CT molecular complexity index is 186. The standard InChI is InChI=1S/C3H4N2.2C2H4O2.Co/c1-2-5-3-4-1;2*1-2(3)4;/h1,3H,2H2;2*1H3,(H,3,4);/q;;;+2/p-2. The molecule has 7 heteroatoms. The van der Waals surface area contributed by atoms with Crippen LogP contribution < -0.4 is 10.2 Å². The summed E-state index contributed by atoms with van der Waals surface area (Å²) in [4.78, 5) is 25.2. The van der Waals surface area contributed by atoms with E-state index < -0.39 is 11.9 Å². The Morgan fingerprint density at radius 1 is 1.21 bits per heavy atom. The summed E-state index contributed by atoms with van der Waals surface area (Å²) < 4.78 is 0. The first-order chi connectivity index (χ1) is 5.96. The smallest absolute Gasteiger partial charge is 0.550 e. The Morgan fingerprint density at radius 3 is 1.64 bits per heavy atom. The van der Waals surface area contributed by atoms with Crippen molar-refractivity contribution in [1.82, 2.24) is 0 Å². The third kappa shape index (κ3) is 72.1. The molecule has 0 N–H and O–H groups in total. The number of carbonyl (C=O) groups excluding carboxylic acids is 2. The molecule has 14 heavy (non-hydrogen) atoms. The van der Waals surface area contributed by atoms with E-state index >= 15 is 0 Å². The van der Waals surface area contributed by atoms with Crippen LogP contribution in [-0.2, 0) is 26.4 Å². The first-order valence-corrected chi connectivity index (χ1v) is 3.32. The molecule has 0 unspecified atom stereocenters. The second-order valence-corrected chi connectivity index (χ2v) is 1.80. The number of aliphatic imine (C=N–C) groups is 2. The van der Waals surface area contributed by atoms with Crippen LogP contribution in [-0.4, -0.2) is 31.0 Å². The molecule has 6 nitrogen and oxygen atoms in total. The van der Waals surface area contributed by atoms with Crippen LogP contribution in [0, 0.1) is 0 Å². The average molecular weight is 245 g/mol. The van der Waals surface area contributed by atoms with Gasteiger partial charge in [-0.1, -0.05) is 0 Å². The van der Waals surface area contributed by atoms with Gasteiger partial charge in [-0.05, 0) is 13.8 Å².